The van der Waals surface area contributed by atoms with Gasteiger partial charge >= 0.3 is 0 Å². The van der Waals surface area contributed by atoms with Gasteiger partial charge in [-0.25, -0.2) is 4.98 Å². The Bertz CT molecular complexity index is 1100. The zero-order valence-corrected chi connectivity index (χ0v) is 16.4. The molecule has 3 rings (SSSR count). The van der Waals surface area contributed by atoms with E-state index in [2.05, 4.69) is 23.7 Å². The van der Waals surface area contributed by atoms with Crippen molar-refractivity contribution in [2.24, 2.45) is 0 Å². The highest BCUT2D eigenvalue weighted by molar-refractivity contribution is 7.98. The van der Waals surface area contributed by atoms with Gasteiger partial charge in [0.25, 0.3) is 0 Å². The van der Waals surface area contributed by atoms with Crippen molar-refractivity contribution in [3.63, 3.8) is 0 Å². The molecule has 0 amide bonds. The van der Waals surface area contributed by atoms with Gasteiger partial charge in [-0.05, 0) is 23.3 Å². The van der Waals surface area contributed by atoms with Crippen molar-refractivity contribution in [2.45, 2.75) is 10.8 Å². The fourth-order valence-electron chi connectivity index (χ4n) is 2.79. The van der Waals surface area contributed by atoms with Crippen molar-refractivity contribution >= 4 is 17.6 Å². The van der Waals surface area contributed by atoms with Crippen LogP contribution in [0.4, 0.5) is 5.82 Å². The molecule has 6 heteroatoms. The average molecular weight is 398 g/mol. The van der Waals surface area contributed by atoms with Crippen LogP contribution >= 0.6 is 11.8 Å². The molecular weight excluding hydrogens is 380 g/mol. The van der Waals surface area contributed by atoms with Crippen molar-refractivity contribution in [3.8, 4) is 29.0 Å². The van der Waals surface area contributed by atoms with Crippen LogP contribution in [0.1, 0.15) is 16.7 Å². The number of aromatic nitrogens is 1. The normalized spacial score (nSPS) is 10.0. The van der Waals surface area contributed by atoms with Gasteiger partial charge in [0.2, 0.25) is 0 Å². The van der Waals surface area contributed by atoms with E-state index in [0.717, 1.165) is 5.56 Å². The minimum atomic E-state index is 0.115. The lowest BCUT2D eigenvalue weighted by Gasteiger charge is -2.13. The van der Waals surface area contributed by atoms with Crippen molar-refractivity contribution in [1.29, 1.82) is 10.5 Å². The molecule has 0 atom stereocenters. The number of nitrogens with two attached hydrogens (primary N) is 1. The lowest BCUT2D eigenvalue weighted by Crippen LogP contribution is -2.03. The van der Waals surface area contributed by atoms with Gasteiger partial charge in [0.05, 0.1) is 5.56 Å². The Balaban J connectivity index is 2.03. The minimum absolute atomic E-state index is 0.115. The van der Waals surface area contributed by atoms with E-state index in [0.29, 0.717) is 39.8 Å². The van der Waals surface area contributed by atoms with E-state index in [1.54, 1.807) is 30.3 Å². The number of nitrogens with zero attached hydrogens (tertiary/aromatic N) is 3. The number of nitriles is 2. The van der Waals surface area contributed by atoms with E-state index < -0.39 is 0 Å². The largest absolute Gasteiger partial charge is 0.490 e. The summed E-state index contributed by atoms with van der Waals surface area (Å²) in [5, 5.41) is 20.0. The third kappa shape index (κ3) is 4.57. The van der Waals surface area contributed by atoms with Crippen LogP contribution in [-0.4, -0.2) is 11.6 Å². The Morgan fingerprint density at radius 3 is 2.34 bits per heavy atom. The molecule has 0 bridgehead atoms. The molecule has 3 aromatic rings. The molecule has 5 nitrogen and oxygen atoms in total. The van der Waals surface area contributed by atoms with Crippen LogP contribution in [0.3, 0.4) is 0 Å². The van der Waals surface area contributed by atoms with Gasteiger partial charge < -0.3 is 10.5 Å². The topological polar surface area (TPSA) is 95.7 Å². The number of hydrogen-bond donors (Lipinski definition) is 1. The SMILES string of the molecule is C=CCOc1ccc(-c2c(C#N)c(N)nc(SCc3ccccc3)c2C#N)cc1. The van der Waals surface area contributed by atoms with Crippen molar-refractivity contribution < 1.29 is 4.74 Å². The molecule has 0 unspecified atom stereocenters. The molecule has 1 aromatic heterocycles. The number of anilines is 1. The monoisotopic (exact) mass is 398 g/mol. The summed E-state index contributed by atoms with van der Waals surface area (Å²) in [5.41, 5.74) is 8.92. The molecule has 0 aliphatic carbocycles. The summed E-state index contributed by atoms with van der Waals surface area (Å²) in [7, 11) is 0. The third-order valence-electron chi connectivity index (χ3n) is 4.14. The quantitative estimate of drug-likeness (QED) is 0.448. The van der Waals surface area contributed by atoms with Gasteiger partial charge in [-0.3, -0.25) is 0 Å². The second-order valence-electron chi connectivity index (χ2n) is 6.05. The second-order valence-corrected chi connectivity index (χ2v) is 7.01. The first-order valence-electron chi connectivity index (χ1n) is 8.82. The predicted octanol–water partition coefficient (Wildman–Crippen LogP) is 4.93. The van der Waals surface area contributed by atoms with E-state index in [9.17, 15) is 10.5 Å². The number of thioether (sulfide) groups is 1. The van der Waals surface area contributed by atoms with Crippen molar-refractivity contribution in [1.82, 2.24) is 4.98 Å². The van der Waals surface area contributed by atoms with Gasteiger partial charge in [0.15, 0.2) is 0 Å². The standard InChI is InChI=1S/C23H18N4OS/c1-2-12-28-18-10-8-17(9-11-18)21-19(13-24)22(26)27-23(20(21)14-25)29-15-16-6-4-3-5-7-16/h2-11H,1,12,15H2,(H2,26,27). The number of benzene rings is 2. The summed E-state index contributed by atoms with van der Waals surface area (Å²) in [4.78, 5) is 4.33. The van der Waals surface area contributed by atoms with E-state index in [4.69, 9.17) is 10.5 Å². The number of nitrogen functional groups attached to an aromatic ring is 1. The molecule has 2 aromatic carbocycles. The maximum Gasteiger partial charge on any atom is 0.143 e. The molecule has 1 heterocycles. The summed E-state index contributed by atoms with van der Waals surface area (Å²) < 4.78 is 5.50. The smallest absolute Gasteiger partial charge is 0.143 e. The van der Waals surface area contributed by atoms with Crippen LogP contribution in [0, 0.1) is 22.7 Å². The molecule has 0 radical (unpaired) electrons. The molecule has 0 spiro atoms. The van der Waals surface area contributed by atoms with Crippen LogP contribution in [0.2, 0.25) is 0 Å². The van der Waals surface area contributed by atoms with Gasteiger partial charge in [0.1, 0.15) is 40.9 Å². The minimum Gasteiger partial charge on any atom is -0.490 e. The molecule has 142 valence electrons. The van der Waals surface area contributed by atoms with Gasteiger partial charge in [-0.1, -0.05) is 55.1 Å². The number of pyridine rings is 1. The Morgan fingerprint density at radius 2 is 1.72 bits per heavy atom. The predicted molar refractivity (Wildman–Crippen MR) is 115 cm³/mol. The van der Waals surface area contributed by atoms with Crippen molar-refractivity contribution in [2.75, 3.05) is 12.3 Å². The molecule has 0 aliphatic rings. The van der Waals surface area contributed by atoms with Crippen LogP contribution in [0.15, 0.2) is 72.3 Å². The Kier molecular flexibility index (Phi) is 6.52. The number of hydrogen-bond acceptors (Lipinski definition) is 6. The first-order valence-corrected chi connectivity index (χ1v) is 9.81. The zero-order valence-electron chi connectivity index (χ0n) is 15.6. The Hall–Kier alpha value is -3.74. The third-order valence-corrected chi connectivity index (χ3v) is 5.19. The summed E-state index contributed by atoms with van der Waals surface area (Å²) in [6, 6.07) is 21.4. The summed E-state index contributed by atoms with van der Waals surface area (Å²) in [5.74, 6) is 1.43. The molecule has 0 saturated heterocycles. The highest BCUT2D eigenvalue weighted by Gasteiger charge is 2.20. The molecule has 0 aliphatic heterocycles. The number of rotatable bonds is 7. The summed E-state index contributed by atoms with van der Waals surface area (Å²) in [6.07, 6.45) is 1.66. The van der Waals surface area contributed by atoms with Crippen LogP contribution in [0.5, 0.6) is 5.75 Å². The zero-order chi connectivity index (χ0) is 20.6. The van der Waals surface area contributed by atoms with Crippen LogP contribution in [-0.2, 0) is 5.75 Å². The van der Waals surface area contributed by atoms with Crippen molar-refractivity contribution in [3.05, 3.63) is 83.9 Å². The summed E-state index contributed by atoms with van der Waals surface area (Å²) in [6.45, 7) is 4.02. The highest BCUT2D eigenvalue weighted by atomic mass is 32.2. The Labute approximate surface area is 174 Å². The fraction of sp³-hybridized carbons (Fsp3) is 0.0870. The van der Waals surface area contributed by atoms with Gasteiger partial charge in [-0.2, -0.15) is 10.5 Å². The summed E-state index contributed by atoms with van der Waals surface area (Å²) >= 11 is 1.42. The Morgan fingerprint density at radius 1 is 1.03 bits per heavy atom. The van der Waals surface area contributed by atoms with Crippen LogP contribution < -0.4 is 10.5 Å². The van der Waals surface area contributed by atoms with Gasteiger partial charge in [-0.15, -0.1) is 11.8 Å². The fourth-order valence-corrected chi connectivity index (χ4v) is 3.74. The molecule has 0 saturated carbocycles. The maximum atomic E-state index is 9.85. The van der Waals surface area contributed by atoms with E-state index in [-0.39, 0.29) is 11.4 Å². The van der Waals surface area contributed by atoms with E-state index >= 15 is 0 Å². The lowest BCUT2D eigenvalue weighted by molar-refractivity contribution is 0.363. The second kappa shape index (κ2) is 9.45. The van der Waals surface area contributed by atoms with E-state index in [1.807, 2.05) is 30.3 Å². The van der Waals surface area contributed by atoms with E-state index in [1.165, 1.54) is 11.8 Å². The maximum absolute atomic E-state index is 9.85. The molecule has 2 N–H and O–H groups in total. The molecule has 0 fully saturated rings. The highest BCUT2D eigenvalue weighted by Crippen LogP contribution is 2.37. The van der Waals surface area contributed by atoms with Gasteiger partial charge in [0, 0.05) is 11.3 Å². The first-order chi connectivity index (χ1) is 14.2. The first kappa shape index (κ1) is 20.0. The average Bonchev–Trinajstić information content (AvgIpc) is 2.76. The number of ether oxygens (including phenoxy) is 1. The molecule has 29 heavy (non-hydrogen) atoms. The lowest BCUT2D eigenvalue weighted by atomic mass is 9.97. The van der Waals surface area contributed by atoms with Crippen LogP contribution in [0.25, 0.3) is 11.1 Å². The molecular formula is C23H18N4OS.